The van der Waals surface area contributed by atoms with Crippen LogP contribution in [0, 0.1) is 12.7 Å². The smallest absolute Gasteiger partial charge is 0.240 e. The zero-order chi connectivity index (χ0) is 26.8. The van der Waals surface area contributed by atoms with Crippen LogP contribution in [0.5, 0.6) is 0 Å². The zero-order valence-corrected chi connectivity index (χ0v) is 22.3. The number of anilines is 1. The molecule has 194 valence electrons. The van der Waals surface area contributed by atoms with Gasteiger partial charge in [0.15, 0.2) is 0 Å². The Morgan fingerprint density at radius 3 is 2.55 bits per heavy atom. The van der Waals surface area contributed by atoms with E-state index in [0.29, 0.717) is 11.5 Å². The van der Waals surface area contributed by atoms with Gasteiger partial charge in [-0.15, -0.1) is 11.8 Å². The third kappa shape index (κ3) is 5.22. The first kappa shape index (κ1) is 25.7. The summed E-state index contributed by atoms with van der Waals surface area (Å²) in [5, 5.41) is 7.57. The fraction of sp³-hybridized carbons (Fsp3) is 0.233. The molecule has 1 aromatic heterocycles. The number of aromatic nitrogens is 2. The van der Waals surface area contributed by atoms with Gasteiger partial charge in [0.1, 0.15) is 18.2 Å². The van der Waals surface area contributed by atoms with Gasteiger partial charge in [-0.3, -0.25) is 14.5 Å². The van der Waals surface area contributed by atoms with Crippen LogP contribution in [0.3, 0.4) is 0 Å². The van der Waals surface area contributed by atoms with E-state index in [-0.39, 0.29) is 41.2 Å². The molecule has 3 aromatic carbocycles. The van der Waals surface area contributed by atoms with Crippen molar-refractivity contribution in [1.82, 2.24) is 15.1 Å². The van der Waals surface area contributed by atoms with Gasteiger partial charge in [-0.1, -0.05) is 54.6 Å². The summed E-state index contributed by atoms with van der Waals surface area (Å²) >= 11 is 1.42. The molecule has 1 aliphatic rings. The van der Waals surface area contributed by atoms with Gasteiger partial charge in [-0.25, -0.2) is 9.07 Å². The van der Waals surface area contributed by atoms with Crippen molar-refractivity contribution in [3.8, 4) is 16.9 Å². The molecule has 0 bridgehead atoms. The molecule has 0 saturated heterocycles. The second kappa shape index (κ2) is 10.8. The highest BCUT2D eigenvalue weighted by Gasteiger charge is 2.37. The Morgan fingerprint density at radius 2 is 1.84 bits per heavy atom. The van der Waals surface area contributed by atoms with Crippen molar-refractivity contribution in [2.75, 3.05) is 17.2 Å². The molecule has 8 heteroatoms. The topological polar surface area (TPSA) is 67.2 Å². The van der Waals surface area contributed by atoms with Crippen LogP contribution in [0.25, 0.3) is 16.9 Å². The second-order valence-electron chi connectivity index (χ2n) is 9.65. The number of aryl methyl sites for hydroxylation is 1. The number of halogens is 1. The van der Waals surface area contributed by atoms with Crippen molar-refractivity contribution in [3.63, 3.8) is 0 Å². The summed E-state index contributed by atoms with van der Waals surface area (Å²) in [5.41, 5.74) is 4.88. The Labute approximate surface area is 225 Å². The summed E-state index contributed by atoms with van der Waals surface area (Å²) in [7, 11) is 0. The number of hydrogen-bond acceptors (Lipinski definition) is 4. The minimum Gasteiger partial charge on any atom is -0.352 e. The van der Waals surface area contributed by atoms with Crippen LogP contribution in [0.15, 0.2) is 78.9 Å². The van der Waals surface area contributed by atoms with Gasteiger partial charge in [0.25, 0.3) is 0 Å². The SMILES string of the molecule is Cc1cccc(-n2nc(-c3ccccc3)c3c2N(CC(=O)NC(C)C)C(=O)CSC3c2cccc(F)c2)c1. The third-order valence-electron chi connectivity index (χ3n) is 6.29. The Kier molecular flexibility index (Phi) is 7.33. The van der Waals surface area contributed by atoms with Crippen molar-refractivity contribution in [3.05, 3.63) is 101 Å². The lowest BCUT2D eigenvalue weighted by Crippen LogP contribution is -2.44. The summed E-state index contributed by atoms with van der Waals surface area (Å²) in [6, 6.07) is 24.0. The van der Waals surface area contributed by atoms with Crippen LogP contribution in [-0.4, -0.2) is 39.9 Å². The molecule has 6 nitrogen and oxygen atoms in total. The number of carbonyl (C=O) groups is 2. The molecule has 4 aromatic rings. The fourth-order valence-electron chi connectivity index (χ4n) is 4.71. The molecule has 5 rings (SSSR count). The molecule has 1 unspecified atom stereocenters. The zero-order valence-electron chi connectivity index (χ0n) is 21.5. The molecule has 0 saturated carbocycles. The Hall–Kier alpha value is -3.91. The van der Waals surface area contributed by atoms with E-state index in [1.165, 1.54) is 28.8 Å². The summed E-state index contributed by atoms with van der Waals surface area (Å²) in [5.74, 6) is -0.153. The van der Waals surface area contributed by atoms with E-state index in [1.807, 2.05) is 81.4 Å². The van der Waals surface area contributed by atoms with Crippen molar-refractivity contribution in [2.45, 2.75) is 32.1 Å². The first-order chi connectivity index (χ1) is 18.3. The molecule has 2 heterocycles. The number of benzene rings is 3. The number of nitrogens with one attached hydrogen (secondary N) is 1. The number of thioether (sulfide) groups is 1. The Morgan fingerprint density at radius 1 is 1.08 bits per heavy atom. The quantitative estimate of drug-likeness (QED) is 0.350. The molecule has 0 aliphatic carbocycles. The van der Waals surface area contributed by atoms with Gasteiger partial charge >= 0.3 is 0 Å². The van der Waals surface area contributed by atoms with Crippen LogP contribution in [-0.2, 0) is 9.59 Å². The van der Waals surface area contributed by atoms with Gasteiger partial charge in [0.2, 0.25) is 11.8 Å². The van der Waals surface area contributed by atoms with E-state index >= 15 is 0 Å². The molecule has 0 spiro atoms. The minimum absolute atomic E-state index is 0.0694. The van der Waals surface area contributed by atoms with Crippen LogP contribution in [0.4, 0.5) is 10.2 Å². The van der Waals surface area contributed by atoms with Crippen LogP contribution in [0.2, 0.25) is 0 Å². The van der Waals surface area contributed by atoms with E-state index in [4.69, 9.17) is 5.10 Å². The highest BCUT2D eigenvalue weighted by molar-refractivity contribution is 8.00. The molecule has 0 radical (unpaired) electrons. The Balaban J connectivity index is 1.81. The second-order valence-corrected chi connectivity index (χ2v) is 10.7. The standard InChI is InChI=1S/C30H29FN4O2S/c1-19(2)32-25(36)17-34-26(37)18-38-29(22-12-8-13-23(31)16-22)27-28(21-10-5-4-6-11-21)33-35(30(27)34)24-14-7-9-20(3)15-24/h4-16,19,29H,17-18H2,1-3H3,(H,32,36). The largest absolute Gasteiger partial charge is 0.352 e. The molecular weight excluding hydrogens is 499 g/mol. The van der Waals surface area contributed by atoms with E-state index in [2.05, 4.69) is 5.32 Å². The number of fused-ring (bicyclic) bond motifs is 1. The van der Waals surface area contributed by atoms with Crippen LogP contribution >= 0.6 is 11.8 Å². The maximum atomic E-state index is 14.4. The molecule has 2 amide bonds. The average molecular weight is 529 g/mol. The highest BCUT2D eigenvalue weighted by atomic mass is 32.2. The van der Waals surface area contributed by atoms with E-state index < -0.39 is 0 Å². The monoisotopic (exact) mass is 528 g/mol. The molecule has 1 atom stereocenters. The van der Waals surface area contributed by atoms with Gasteiger partial charge < -0.3 is 5.32 Å². The first-order valence-corrected chi connectivity index (χ1v) is 13.6. The number of amides is 2. The first-order valence-electron chi connectivity index (χ1n) is 12.5. The van der Waals surface area contributed by atoms with E-state index in [1.54, 1.807) is 10.7 Å². The molecular formula is C30H29FN4O2S. The third-order valence-corrected chi connectivity index (χ3v) is 7.54. The number of carbonyl (C=O) groups excluding carboxylic acids is 2. The predicted molar refractivity (Wildman–Crippen MR) is 150 cm³/mol. The molecule has 1 N–H and O–H groups in total. The van der Waals surface area contributed by atoms with Crippen LogP contribution < -0.4 is 10.2 Å². The maximum absolute atomic E-state index is 14.4. The Bertz CT molecular complexity index is 1480. The highest BCUT2D eigenvalue weighted by Crippen LogP contribution is 2.48. The van der Waals surface area contributed by atoms with E-state index in [9.17, 15) is 14.0 Å². The molecule has 0 fully saturated rings. The molecule has 1 aliphatic heterocycles. The predicted octanol–water partition coefficient (Wildman–Crippen LogP) is 5.68. The van der Waals surface area contributed by atoms with Gasteiger partial charge in [-0.2, -0.15) is 5.10 Å². The fourth-order valence-corrected chi connectivity index (χ4v) is 5.90. The maximum Gasteiger partial charge on any atom is 0.240 e. The van der Waals surface area contributed by atoms with Crippen molar-refractivity contribution in [1.29, 1.82) is 0 Å². The summed E-state index contributed by atoms with van der Waals surface area (Å²) < 4.78 is 16.2. The van der Waals surface area contributed by atoms with Crippen molar-refractivity contribution in [2.24, 2.45) is 0 Å². The lowest BCUT2D eigenvalue weighted by Gasteiger charge is -2.24. The van der Waals surface area contributed by atoms with Gasteiger partial charge in [0.05, 0.1) is 22.4 Å². The van der Waals surface area contributed by atoms with Crippen LogP contribution in [0.1, 0.15) is 35.8 Å². The van der Waals surface area contributed by atoms with Crippen molar-refractivity contribution < 1.29 is 14.0 Å². The summed E-state index contributed by atoms with van der Waals surface area (Å²) in [4.78, 5) is 28.2. The number of rotatable bonds is 6. The summed E-state index contributed by atoms with van der Waals surface area (Å²) in [6.45, 7) is 5.61. The van der Waals surface area contributed by atoms with Gasteiger partial charge in [0, 0.05) is 17.2 Å². The van der Waals surface area contributed by atoms with Gasteiger partial charge in [-0.05, 0) is 56.2 Å². The van der Waals surface area contributed by atoms with Crippen molar-refractivity contribution >= 4 is 29.4 Å². The normalized spacial score (nSPS) is 15.3. The minimum atomic E-state index is -0.378. The number of nitrogens with zero attached hydrogens (tertiary/aromatic N) is 3. The lowest BCUT2D eigenvalue weighted by molar-refractivity contribution is -0.123. The average Bonchev–Trinajstić information content (AvgIpc) is 3.21. The summed E-state index contributed by atoms with van der Waals surface area (Å²) in [6.07, 6.45) is 0. The number of hydrogen-bond donors (Lipinski definition) is 1. The van der Waals surface area contributed by atoms with E-state index in [0.717, 1.165) is 27.9 Å². The molecule has 38 heavy (non-hydrogen) atoms. The lowest BCUT2D eigenvalue weighted by atomic mass is 9.99.